The molecule has 1 fully saturated rings. The summed E-state index contributed by atoms with van der Waals surface area (Å²) in [5.74, 6) is 1.33. The smallest absolute Gasteiger partial charge is 0.125 e. The first-order chi connectivity index (χ1) is 9.34. The van der Waals surface area contributed by atoms with Crippen LogP contribution >= 0.6 is 0 Å². The van der Waals surface area contributed by atoms with Crippen LogP contribution in [0.15, 0.2) is 30.7 Å². The molecule has 2 aromatic rings. The second-order valence-corrected chi connectivity index (χ2v) is 5.00. The Morgan fingerprint density at radius 1 is 1.26 bits per heavy atom. The van der Waals surface area contributed by atoms with Crippen molar-refractivity contribution in [2.75, 3.05) is 13.1 Å². The molecule has 98 valence electrons. The second kappa shape index (κ2) is 5.45. The first-order valence-electron chi connectivity index (χ1n) is 6.79. The van der Waals surface area contributed by atoms with E-state index in [0.29, 0.717) is 5.92 Å². The number of nitrogens with one attached hydrogen (secondary N) is 1. The number of hydrogen-bond donors (Lipinski definition) is 1. The van der Waals surface area contributed by atoms with Crippen LogP contribution < -0.4 is 5.32 Å². The standard InChI is InChI=1S/C15H18N4/c1-11-18-10-14(12-4-7-16-8-5-12)15(19-11)13-3-2-6-17-9-13/h4-5,7-8,10,13,17H,2-3,6,9H2,1H3. The van der Waals surface area contributed by atoms with Crippen LogP contribution in [0.5, 0.6) is 0 Å². The van der Waals surface area contributed by atoms with Crippen molar-refractivity contribution in [3.05, 3.63) is 42.2 Å². The van der Waals surface area contributed by atoms with Gasteiger partial charge in [-0.05, 0) is 44.0 Å². The van der Waals surface area contributed by atoms with E-state index in [-0.39, 0.29) is 0 Å². The number of hydrogen-bond acceptors (Lipinski definition) is 4. The van der Waals surface area contributed by atoms with Crippen molar-refractivity contribution in [2.45, 2.75) is 25.7 Å². The fourth-order valence-electron chi connectivity index (χ4n) is 2.64. The highest BCUT2D eigenvalue weighted by atomic mass is 14.9. The van der Waals surface area contributed by atoms with E-state index in [0.717, 1.165) is 30.0 Å². The Balaban J connectivity index is 2.04. The molecule has 3 rings (SSSR count). The van der Waals surface area contributed by atoms with Crippen LogP contribution in [-0.4, -0.2) is 28.0 Å². The highest BCUT2D eigenvalue weighted by molar-refractivity contribution is 5.65. The molecule has 0 aliphatic carbocycles. The molecule has 0 bridgehead atoms. The average molecular weight is 254 g/mol. The molecule has 1 saturated heterocycles. The van der Waals surface area contributed by atoms with Crippen molar-refractivity contribution >= 4 is 0 Å². The minimum atomic E-state index is 0.485. The normalized spacial score (nSPS) is 19.3. The van der Waals surface area contributed by atoms with Gasteiger partial charge in [0, 0.05) is 36.6 Å². The summed E-state index contributed by atoms with van der Waals surface area (Å²) >= 11 is 0. The minimum Gasteiger partial charge on any atom is -0.316 e. The lowest BCUT2D eigenvalue weighted by Crippen LogP contribution is -2.29. The van der Waals surface area contributed by atoms with Crippen LogP contribution in [-0.2, 0) is 0 Å². The summed E-state index contributed by atoms with van der Waals surface area (Å²) in [5, 5.41) is 3.46. The van der Waals surface area contributed by atoms with Crippen LogP contribution in [0.4, 0.5) is 0 Å². The molecule has 0 saturated carbocycles. The first-order valence-corrected chi connectivity index (χ1v) is 6.79. The number of pyridine rings is 1. The molecule has 2 aromatic heterocycles. The largest absolute Gasteiger partial charge is 0.316 e. The summed E-state index contributed by atoms with van der Waals surface area (Å²) in [6, 6.07) is 4.04. The fourth-order valence-corrected chi connectivity index (χ4v) is 2.64. The van der Waals surface area contributed by atoms with E-state index in [9.17, 15) is 0 Å². The maximum atomic E-state index is 4.70. The molecular weight excluding hydrogens is 236 g/mol. The van der Waals surface area contributed by atoms with Crippen molar-refractivity contribution in [3.8, 4) is 11.1 Å². The Labute approximate surface area is 113 Å². The van der Waals surface area contributed by atoms with E-state index in [2.05, 4.69) is 15.3 Å². The predicted molar refractivity (Wildman–Crippen MR) is 74.8 cm³/mol. The molecule has 1 aliphatic heterocycles. The monoisotopic (exact) mass is 254 g/mol. The van der Waals surface area contributed by atoms with Crippen LogP contribution in [0.1, 0.15) is 30.3 Å². The third-order valence-electron chi connectivity index (χ3n) is 3.61. The molecule has 0 spiro atoms. The van der Waals surface area contributed by atoms with Gasteiger partial charge in [0.05, 0.1) is 5.69 Å². The van der Waals surface area contributed by atoms with Gasteiger partial charge in [0.25, 0.3) is 0 Å². The zero-order valence-corrected chi connectivity index (χ0v) is 11.1. The van der Waals surface area contributed by atoms with Crippen molar-refractivity contribution in [2.24, 2.45) is 0 Å². The zero-order valence-electron chi connectivity index (χ0n) is 11.1. The lowest BCUT2D eigenvalue weighted by molar-refractivity contribution is 0.454. The molecular formula is C15H18N4. The number of rotatable bonds is 2. The van der Waals surface area contributed by atoms with E-state index < -0.39 is 0 Å². The number of piperidine rings is 1. The van der Waals surface area contributed by atoms with Gasteiger partial charge in [-0.2, -0.15) is 0 Å². The Bertz CT molecular complexity index is 547. The Morgan fingerprint density at radius 2 is 2.11 bits per heavy atom. The molecule has 1 aliphatic rings. The van der Waals surface area contributed by atoms with Crippen molar-refractivity contribution in [1.82, 2.24) is 20.3 Å². The summed E-state index contributed by atoms with van der Waals surface area (Å²) in [5.41, 5.74) is 3.46. The van der Waals surface area contributed by atoms with E-state index in [4.69, 9.17) is 4.98 Å². The molecule has 0 radical (unpaired) electrons. The van der Waals surface area contributed by atoms with Gasteiger partial charge in [-0.3, -0.25) is 4.98 Å². The summed E-state index contributed by atoms with van der Waals surface area (Å²) in [6.45, 7) is 4.08. The zero-order chi connectivity index (χ0) is 13.1. The molecule has 3 heterocycles. The maximum Gasteiger partial charge on any atom is 0.125 e. The predicted octanol–water partition coefficient (Wildman–Crippen LogP) is 2.31. The Kier molecular flexibility index (Phi) is 3.51. The summed E-state index contributed by atoms with van der Waals surface area (Å²) in [7, 11) is 0. The second-order valence-electron chi connectivity index (χ2n) is 5.00. The van der Waals surface area contributed by atoms with Gasteiger partial charge in [-0.15, -0.1) is 0 Å². The number of nitrogens with zero attached hydrogens (tertiary/aromatic N) is 3. The summed E-state index contributed by atoms with van der Waals surface area (Å²) < 4.78 is 0. The SMILES string of the molecule is Cc1ncc(-c2ccncc2)c(C2CCCNC2)n1. The van der Waals surface area contributed by atoms with Gasteiger partial charge >= 0.3 is 0 Å². The van der Waals surface area contributed by atoms with Crippen molar-refractivity contribution < 1.29 is 0 Å². The Hall–Kier alpha value is -1.81. The number of aromatic nitrogens is 3. The van der Waals surface area contributed by atoms with Gasteiger partial charge in [0.2, 0.25) is 0 Å². The van der Waals surface area contributed by atoms with Gasteiger partial charge in [0.15, 0.2) is 0 Å². The van der Waals surface area contributed by atoms with Gasteiger partial charge in [-0.1, -0.05) is 0 Å². The van der Waals surface area contributed by atoms with Gasteiger partial charge in [-0.25, -0.2) is 9.97 Å². The van der Waals surface area contributed by atoms with Crippen LogP contribution in [0, 0.1) is 6.92 Å². The van der Waals surface area contributed by atoms with Crippen molar-refractivity contribution in [1.29, 1.82) is 0 Å². The minimum absolute atomic E-state index is 0.485. The lowest BCUT2D eigenvalue weighted by atomic mass is 9.91. The highest BCUT2D eigenvalue weighted by Crippen LogP contribution is 2.30. The maximum absolute atomic E-state index is 4.70. The fraction of sp³-hybridized carbons (Fsp3) is 0.400. The van der Waals surface area contributed by atoms with E-state index >= 15 is 0 Å². The number of aryl methyl sites for hydroxylation is 1. The summed E-state index contributed by atoms with van der Waals surface area (Å²) in [6.07, 6.45) is 7.99. The van der Waals surface area contributed by atoms with Crippen LogP contribution in [0.2, 0.25) is 0 Å². The molecule has 1 atom stereocenters. The topological polar surface area (TPSA) is 50.7 Å². The molecule has 19 heavy (non-hydrogen) atoms. The van der Waals surface area contributed by atoms with Gasteiger partial charge < -0.3 is 5.32 Å². The molecule has 0 aromatic carbocycles. The third-order valence-corrected chi connectivity index (χ3v) is 3.61. The van der Waals surface area contributed by atoms with Gasteiger partial charge in [0.1, 0.15) is 5.82 Å². The quantitative estimate of drug-likeness (QED) is 0.893. The van der Waals surface area contributed by atoms with Crippen molar-refractivity contribution in [3.63, 3.8) is 0 Å². The molecule has 0 amide bonds. The van der Waals surface area contributed by atoms with Crippen LogP contribution in [0.25, 0.3) is 11.1 Å². The van der Waals surface area contributed by atoms with E-state index in [1.807, 2.05) is 37.6 Å². The Morgan fingerprint density at radius 3 is 2.84 bits per heavy atom. The lowest BCUT2D eigenvalue weighted by Gasteiger charge is -2.24. The molecule has 1 N–H and O–H groups in total. The molecule has 4 heteroatoms. The van der Waals surface area contributed by atoms with Crippen LogP contribution in [0.3, 0.4) is 0 Å². The molecule has 1 unspecified atom stereocenters. The van der Waals surface area contributed by atoms with E-state index in [1.54, 1.807) is 0 Å². The summed E-state index contributed by atoms with van der Waals surface area (Å²) in [4.78, 5) is 13.1. The van der Waals surface area contributed by atoms with E-state index in [1.165, 1.54) is 18.5 Å². The molecule has 4 nitrogen and oxygen atoms in total. The average Bonchev–Trinajstić information content (AvgIpc) is 2.49. The highest BCUT2D eigenvalue weighted by Gasteiger charge is 2.20. The third kappa shape index (κ3) is 2.63. The first kappa shape index (κ1) is 12.2.